The van der Waals surface area contributed by atoms with Crippen molar-refractivity contribution in [3.8, 4) is 11.1 Å². The lowest BCUT2D eigenvalue weighted by atomic mass is 9.90. The monoisotopic (exact) mass is 377 g/mol. The number of rotatable bonds is 5. The Morgan fingerprint density at radius 2 is 1.68 bits per heavy atom. The normalized spacial score (nSPS) is 19.5. The summed E-state index contributed by atoms with van der Waals surface area (Å²) in [5.74, 6) is 1.61. The summed E-state index contributed by atoms with van der Waals surface area (Å²) in [5.41, 5.74) is 3.00. The van der Waals surface area contributed by atoms with E-state index in [1.807, 2.05) is 25.5 Å². The Balaban J connectivity index is 1.66. The van der Waals surface area contributed by atoms with Crippen LogP contribution >= 0.6 is 0 Å². The fraction of sp³-hybridized carbons (Fsp3) is 0.429. The standard InChI is InChI=1S/C21H27N7/c1-22-16-5-7-17(8-6-16)28(3)20-18-10-14(4-9-19(18)26-13-27-20)15-11-24-21(23-2)25-12-15/h4,9-13,16-17,22H,5-8H2,1-3H3,(H,23,24,25). The molecule has 28 heavy (non-hydrogen) atoms. The van der Waals surface area contributed by atoms with E-state index in [1.165, 1.54) is 25.7 Å². The Bertz CT molecular complexity index is 933. The summed E-state index contributed by atoms with van der Waals surface area (Å²) < 4.78 is 0. The van der Waals surface area contributed by atoms with Crippen molar-refractivity contribution in [1.82, 2.24) is 25.3 Å². The minimum absolute atomic E-state index is 0.504. The summed E-state index contributed by atoms with van der Waals surface area (Å²) in [6.07, 6.45) is 10.1. The van der Waals surface area contributed by atoms with Gasteiger partial charge in [-0.1, -0.05) is 6.07 Å². The molecule has 1 aliphatic carbocycles. The van der Waals surface area contributed by atoms with Crippen LogP contribution in [0.15, 0.2) is 36.9 Å². The Morgan fingerprint density at radius 1 is 0.929 bits per heavy atom. The zero-order valence-corrected chi connectivity index (χ0v) is 16.7. The van der Waals surface area contributed by atoms with Gasteiger partial charge in [0.1, 0.15) is 12.1 Å². The van der Waals surface area contributed by atoms with Gasteiger partial charge in [-0.25, -0.2) is 19.9 Å². The fourth-order valence-corrected chi connectivity index (χ4v) is 4.03. The lowest BCUT2D eigenvalue weighted by Gasteiger charge is -2.35. The van der Waals surface area contributed by atoms with Gasteiger partial charge >= 0.3 is 0 Å². The van der Waals surface area contributed by atoms with E-state index < -0.39 is 0 Å². The summed E-state index contributed by atoms with van der Waals surface area (Å²) in [4.78, 5) is 20.1. The van der Waals surface area contributed by atoms with E-state index in [0.29, 0.717) is 18.0 Å². The molecule has 7 heteroatoms. The zero-order chi connectivity index (χ0) is 19.5. The molecule has 1 aliphatic rings. The Morgan fingerprint density at radius 3 is 2.36 bits per heavy atom. The van der Waals surface area contributed by atoms with Gasteiger partial charge in [0, 0.05) is 49.5 Å². The molecule has 0 amide bonds. The van der Waals surface area contributed by atoms with E-state index >= 15 is 0 Å². The minimum atomic E-state index is 0.504. The molecule has 1 aromatic carbocycles. The van der Waals surface area contributed by atoms with Crippen LogP contribution in [0.25, 0.3) is 22.0 Å². The lowest BCUT2D eigenvalue weighted by molar-refractivity contribution is 0.351. The summed E-state index contributed by atoms with van der Waals surface area (Å²) >= 11 is 0. The maximum absolute atomic E-state index is 4.64. The molecule has 1 fully saturated rings. The number of nitrogens with zero attached hydrogens (tertiary/aromatic N) is 5. The molecular weight excluding hydrogens is 350 g/mol. The molecule has 0 aliphatic heterocycles. The number of benzene rings is 1. The average molecular weight is 377 g/mol. The number of anilines is 2. The summed E-state index contributed by atoms with van der Waals surface area (Å²) in [6, 6.07) is 7.41. The van der Waals surface area contributed by atoms with E-state index in [2.05, 4.69) is 61.7 Å². The SMILES string of the molecule is CNc1ncc(-c2ccc3ncnc(N(C)C4CCC(NC)CC4)c3c2)cn1. The van der Waals surface area contributed by atoms with E-state index in [9.17, 15) is 0 Å². The molecular formula is C21H27N7. The second kappa shape index (κ2) is 8.06. The summed E-state index contributed by atoms with van der Waals surface area (Å²) in [7, 11) is 6.03. The third-order valence-corrected chi connectivity index (χ3v) is 5.81. The molecule has 2 heterocycles. The highest BCUT2D eigenvalue weighted by Crippen LogP contribution is 2.31. The Hall–Kier alpha value is -2.80. The number of aromatic nitrogens is 4. The third-order valence-electron chi connectivity index (χ3n) is 5.81. The van der Waals surface area contributed by atoms with Crippen LogP contribution in [-0.4, -0.2) is 53.2 Å². The second-order valence-electron chi connectivity index (χ2n) is 7.38. The van der Waals surface area contributed by atoms with Gasteiger partial charge in [-0.3, -0.25) is 0 Å². The molecule has 0 saturated heterocycles. The third kappa shape index (κ3) is 3.62. The van der Waals surface area contributed by atoms with Gasteiger partial charge in [0.2, 0.25) is 5.95 Å². The smallest absolute Gasteiger partial charge is 0.222 e. The van der Waals surface area contributed by atoms with Gasteiger partial charge in [0.15, 0.2) is 0 Å². The molecule has 0 radical (unpaired) electrons. The van der Waals surface area contributed by atoms with Crippen LogP contribution < -0.4 is 15.5 Å². The Kier molecular flexibility index (Phi) is 5.34. The maximum Gasteiger partial charge on any atom is 0.222 e. The van der Waals surface area contributed by atoms with Crippen LogP contribution in [-0.2, 0) is 0 Å². The second-order valence-corrected chi connectivity index (χ2v) is 7.38. The van der Waals surface area contributed by atoms with Crippen LogP contribution in [0.4, 0.5) is 11.8 Å². The highest BCUT2D eigenvalue weighted by molar-refractivity contribution is 5.92. The van der Waals surface area contributed by atoms with Crippen LogP contribution in [0.5, 0.6) is 0 Å². The van der Waals surface area contributed by atoms with Crippen molar-refractivity contribution in [2.75, 3.05) is 31.4 Å². The van der Waals surface area contributed by atoms with Gasteiger partial charge < -0.3 is 15.5 Å². The number of hydrogen-bond donors (Lipinski definition) is 2. The van der Waals surface area contributed by atoms with Crippen molar-refractivity contribution in [2.24, 2.45) is 0 Å². The highest BCUT2D eigenvalue weighted by atomic mass is 15.2. The first kappa shape index (κ1) is 18.6. The quantitative estimate of drug-likeness (QED) is 0.707. The molecule has 3 aromatic rings. The van der Waals surface area contributed by atoms with Crippen LogP contribution in [0.1, 0.15) is 25.7 Å². The minimum Gasteiger partial charge on any atom is -0.357 e. The molecule has 7 nitrogen and oxygen atoms in total. The predicted molar refractivity (Wildman–Crippen MR) is 114 cm³/mol. The van der Waals surface area contributed by atoms with Crippen molar-refractivity contribution in [1.29, 1.82) is 0 Å². The predicted octanol–water partition coefficient (Wildman–Crippen LogP) is 3.10. The first-order chi connectivity index (χ1) is 13.7. The van der Waals surface area contributed by atoms with Crippen LogP contribution in [0, 0.1) is 0 Å². The summed E-state index contributed by atoms with van der Waals surface area (Å²) in [6.45, 7) is 0. The molecule has 0 spiro atoms. The topological polar surface area (TPSA) is 78.9 Å². The molecule has 2 N–H and O–H groups in total. The maximum atomic E-state index is 4.64. The fourth-order valence-electron chi connectivity index (χ4n) is 4.03. The number of nitrogens with one attached hydrogen (secondary N) is 2. The molecule has 2 aromatic heterocycles. The van der Waals surface area contributed by atoms with Crippen molar-refractivity contribution in [2.45, 2.75) is 37.8 Å². The molecule has 0 bridgehead atoms. The van der Waals surface area contributed by atoms with Gasteiger partial charge in [0.25, 0.3) is 0 Å². The van der Waals surface area contributed by atoms with E-state index in [-0.39, 0.29) is 0 Å². The molecule has 0 atom stereocenters. The van der Waals surface area contributed by atoms with Gasteiger partial charge in [-0.2, -0.15) is 0 Å². The van der Waals surface area contributed by atoms with Gasteiger partial charge in [-0.05, 0) is 50.4 Å². The van der Waals surface area contributed by atoms with E-state index in [1.54, 1.807) is 6.33 Å². The number of hydrogen-bond acceptors (Lipinski definition) is 7. The van der Waals surface area contributed by atoms with E-state index in [0.717, 1.165) is 27.8 Å². The lowest BCUT2D eigenvalue weighted by Crippen LogP contribution is -2.40. The molecule has 0 unspecified atom stereocenters. The van der Waals surface area contributed by atoms with Gasteiger partial charge in [-0.15, -0.1) is 0 Å². The van der Waals surface area contributed by atoms with Crippen molar-refractivity contribution in [3.05, 3.63) is 36.9 Å². The first-order valence-electron chi connectivity index (χ1n) is 9.84. The van der Waals surface area contributed by atoms with E-state index in [4.69, 9.17) is 0 Å². The Labute approximate surface area is 165 Å². The van der Waals surface area contributed by atoms with Crippen molar-refractivity contribution < 1.29 is 0 Å². The number of fused-ring (bicyclic) bond motifs is 1. The van der Waals surface area contributed by atoms with Crippen LogP contribution in [0.2, 0.25) is 0 Å². The summed E-state index contributed by atoms with van der Waals surface area (Å²) in [5, 5.41) is 7.42. The molecule has 146 valence electrons. The molecule has 1 saturated carbocycles. The largest absolute Gasteiger partial charge is 0.357 e. The first-order valence-corrected chi connectivity index (χ1v) is 9.84. The molecule has 4 rings (SSSR count). The van der Waals surface area contributed by atoms with Gasteiger partial charge in [0.05, 0.1) is 5.52 Å². The van der Waals surface area contributed by atoms with Crippen molar-refractivity contribution in [3.63, 3.8) is 0 Å². The average Bonchev–Trinajstić information content (AvgIpc) is 2.78. The van der Waals surface area contributed by atoms with Crippen molar-refractivity contribution >= 4 is 22.7 Å². The highest BCUT2D eigenvalue weighted by Gasteiger charge is 2.25. The zero-order valence-electron chi connectivity index (χ0n) is 16.7. The van der Waals surface area contributed by atoms with Crippen LogP contribution in [0.3, 0.4) is 0 Å².